The van der Waals surface area contributed by atoms with E-state index >= 15 is 0 Å². The molecule has 0 bridgehead atoms. The second kappa shape index (κ2) is 6.20. The lowest BCUT2D eigenvalue weighted by Crippen LogP contribution is -2.49. The second-order valence-electron chi connectivity index (χ2n) is 5.80. The summed E-state index contributed by atoms with van der Waals surface area (Å²) in [5.74, 6) is 0.868. The summed E-state index contributed by atoms with van der Waals surface area (Å²) >= 11 is 0. The third-order valence-electron chi connectivity index (χ3n) is 4.61. The predicted octanol–water partition coefficient (Wildman–Crippen LogP) is 0.392. The number of nitrogens with zero attached hydrogens (tertiary/aromatic N) is 1. The molecule has 19 heavy (non-hydrogen) atoms. The van der Waals surface area contributed by atoms with Crippen molar-refractivity contribution in [1.29, 1.82) is 0 Å². The first-order valence-electron chi connectivity index (χ1n) is 7.56. The Morgan fingerprint density at radius 3 is 2.63 bits per heavy atom. The van der Waals surface area contributed by atoms with Crippen molar-refractivity contribution in [3.63, 3.8) is 0 Å². The smallest absolute Gasteiger partial charge is 0.254 e. The van der Waals surface area contributed by atoms with Gasteiger partial charge < -0.3 is 19.7 Å². The lowest BCUT2D eigenvalue weighted by molar-refractivity contribution is -0.159. The molecule has 0 saturated carbocycles. The molecule has 2 unspecified atom stereocenters. The molecule has 2 atom stereocenters. The Kier molecular flexibility index (Phi) is 4.35. The van der Waals surface area contributed by atoms with Crippen molar-refractivity contribution >= 4 is 5.91 Å². The molecule has 1 amide bonds. The second-order valence-corrected chi connectivity index (χ2v) is 5.80. The van der Waals surface area contributed by atoms with Crippen LogP contribution in [-0.2, 0) is 14.3 Å². The van der Waals surface area contributed by atoms with Crippen molar-refractivity contribution < 1.29 is 14.3 Å². The number of hydrogen-bond donors (Lipinski definition) is 1. The summed E-state index contributed by atoms with van der Waals surface area (Å²) in [5.41, 5.74) is 0. The van der Waals surface area contributed by atoms with Crippen LogP contribution >= 0.6 is 0 Å². The van der Waals surface area contributed by atoms with E-state index in [0.717, 1.165) is 38.4 Å². The molecular formula is C14H24N2O3. The van der Waals surface area contributed by atoms with Gasteiger partial charge in [0.25, 0.3) is 5.91 Å². The van der Waals surface area contributed by atoms with Gasteiger partial charge in [-0.25, -0.2) is 0 Å². The van der Waals surface area contributed by atoms with Crippen LogP contribution in [0.15, 0.2) is 0 Å². The number of rotatable bonds is 2. The zero-order valence-corrected chi connectivity index (χ0v) is 11.5. The van der Waals surface area contributed by atoms with E-state index < -0.39 is 0 Å². The Balaban J connectivity index is 1.47. The minimum absolute atomic E-state index is 0.123. The predicted molar refractivity (Wildman–Crippen MR) is 70.9 cm³/mol. The number of carbonyl (C=O) groups excluding carboxylic acids is 1. The van der Waals surface area contributed by atoms with Gasteiger partial charge in [-0.05, 0) is 38.1 Å². The molecule has 5 nitrogen and oxygen atoms in total. The number of nitrogens with one attached hydrogen (secondary N) is 1. The van der Waals surface area contributed by atoms with Crippen molar-refractivity contribution in [3.05, 3.63) is 0 Å². The van der Waals surface area contributed by atoms with Crippen LogP contribution in [0, 0.1) is 5.92 Å². The minimum atomic E-state index is -0.366. The van der Waals surface area contributed by atoms with Gasteiger partial charge in [-0.3, -0.25) is 4.79 Å². The highest BCUT2D eigenvalue weighted by Gasteiger charge is 2.33. The van der Waals surface area contributed by atoms with Crippen LogP contribution in [0.4, 0.5) is 0 Å². The lowest BCUT2D eigenvalue weighted by atomic mass is 9.88. The van der Waals surface area contributed by atoms with Gasteiger partial charge in [0.1, 0.15) is 0 Å². The van der Waals surface area contributed by atoms with E-state index in [-0.39, 0.29) is 12.0 Å². The SMILES string of the molecule is O=C(C1COCCO1)N1CCC(C2CCCN2)CC1. The Bertz CT molecular complexity index is 304. The average Bonchev–Trinajstić information content (AvgIpc) is 3.02. The van der Waals surface area contributed by atoms with E-state index in [9.17, 15) is 4.79 Å². The maximum absolute atomic E-state index is 12.3. The maximum Gasteiger partial charge on any atom is 0.254 e. The van der Waals surface area contributed by atoms with E-state index in [1.807, 2.05) is 4.90 Å². The molecule has 0 aliphatic carbocycles. The van der Waals surface area contributed by atoms with Gasteiger partial charge in [0.05, 0.1) is 19.8 Å². The zero-order valence-electron chi connectivity index (χ0n) is 11.5. The van der Waals surface area contributed by atoms with Gasteiger partial charge in [0, 0.05) is 19.1 Å². The molecular weight excluding hydrogens is 244 g/mol. The summed E-state index contributed by atoms with van der Waals surface area (Å²) in [5, 5.41) is 3.59. The molecule has 108 valence electrons. The number of amides is 1. The van der Waals surface area contributed by atoms with Crippen LogP contribution in [0.25, 0.3) is 0 Å². The van der Waals surface area contributed by atoms with Gasteiger partial charge in [0.2, 0.25) is 0 Å². The highest BCUT2D eigenvalue weighted by atomic mass is 16.6. The largest absolute Gasteiger partial charge is 0.376 e. The van der Waals surface area contributed by atoms with Gasteiger partial charge in [-0.15, -0.1) is 0 Å². The number of carbonyl (C=O) groups is 1. The van der Waals surface area contributed by atoms with Crippen LogP contribution < -0.4 is 5.32 Å². The van der Waals surface area contributed by atoms with Crippen molar-refractivity contribution in [2.45, 2.75) is 37.8 Å². The third kappa shape index (κ3) is 3.09. The Hall–Kier alpha value is -0.650. The van der Waals surface area contributed by atoms with Gasteiger partial charge >= 0.3 is 0 Å². The summed E-state index contributed by atoms with van der Waals surface area (Å²) < 4.78 is 10.8. The Morgan fingerprint density at radius 2 is 2.00 bits per heavy atom. The summed E-state index contributed by atoms with van der Waals surface area (Å²) in [6, 6.07) is 0.687. The first-order valence-corrected chi connectivity index (χ1v) is 7.56. The molecule has 3 rings (SSSR count). The summed E-state index contributed by atoms with van der Waals surface area (Å²) in [6.45, 7) is 4.49. The van der Waals surface area contributed by atoms with E-state index in [1.165, 1.54) is 12.8 Å². The molecule has 0 aromatic carbocycles. The zero-order chi connectivity index (χ0) is 13.1. The molecule has 0 aromatic rings. The standard InChI is InChI=1S/C14H24N2O3/c17-14(13-10-18-8-9-19-13)16-6-3-11(4-7-16)12-2-1-5-15-12/h11-13,15H,1-10H2. The number of likely N-dealkylation sites (tertiary alicyclic amines) is 1. The fourth-order valence-electron chi connectivity index (χ4n) is 3.47. The van der Waals surface area contributed by atoms with Crippen molar-refractivity contribution in [1.82, 2.24) is 10.2 Å². The summed E-state index contributed by atoms with van der Waals surface area (Å²) in [4.78, 5) is 14.2. The molecule has 0 spiro atoms. The number of ether oxygens (including phenoxy) is 2. The molecule has 3 saturated heterocycles. The number of piperidine rings is 1. The van der Waals surface area contributed by atoms with Crippen LogP contribution in [-0.4, -0.2) is 62.4 Å². The molecule has 3 aliphatic rings. The molecule has 1 N–H and O–H groups in total. The highest BCUT2D eigenvalue weighted by Crippen LogP contribution is 2.26. The number of hydrogen-bond acceptors (Lipinski definition) is 4. The minimum Gasteiger partial charge on any atom is -0.376 e. The first-order chi connectivity index (χ1) is 9.34. The first kappa shape index (κ1) is 13.3. The van der Waals surface area contributed by atoms with Gasteiger partial charge in [0.15, 0.2) is 6.10 Å². The average molecular weight is 268 g/mol. The lowest BCUT2D eigenvalue weighted by Gasteiger charge is -2.37. The maximum atomic E-state index is 12.3. The Morgan fingerprint density at radius 1 is 1.16 bits per heavy atom. The van der Waals surface area contributed by atoms with Crippen LogP contribution in [0.1, 0.15) is 25.7 Å². The van der Waals surface area contributed by atoms with Crippen LogP contribution in [0.2, 0.25) is 0 Å². The summed E-state index contributed by atoms with van der Waals surface area (Å²) in [7, 11) is 0. The van der Waals surface area contributed by atoms with E-state index in [1.54, 1.807) is 0 Å². The van der Waals surface area contributed by atoms with E-state index in [4.69, 9.17) is 9.47 Å². The quantitative estimate of drug-likeness (QED) is 0.787. The van der Waals surface area contributed by atoms with Crippen molar-refractivity contribution in [2.75, 3.05) is 39.5 Å². The van der Waals surface area contributed by atoms with Crippen LogP contribution in [0.5, 0.6) is 0 Å². The van der Waals surface area contributed by atoms with Crippen molar-refractivity contribution in [3.8, 4) is 0 Å². The van der Waals surface area contributed by atoms with E-state index in [2.05, 4.69) is 5.32 Å². The van der Waals surface area contributed by atoms with Crippen LogP contribution in [0.3, 0.4) is 0 Å². The summed E-state index contributed by atoms with van der Waals surface area (Å²) in [6.07, 6.45) is 4.48. The molecule has 3 fully saturated rings. The molecule has 5 heteroatoms. The molecule has 3 heterocycles. The molecule has 0 aromatic heterocycles. The van der Waals surface area contributed by atoms with E-state index in [0.29, 0.717) is 25.9 Å². The molecule has 0 radical (unpaired) electrons. The van der Waals surface area contributed by atoms with Gasteiger partial charge in [-0.2, -0.15) is 0 Å². The topological polar surface area (TPSA) is 50.8 Å². The van der Waals surface area contributed by atoms with Crippen molar-refractivity contribution in [2.24, 2.45) is 5.92 Å². The fourth-order valence-corrected chi connectivity index (χ4v) is 3.47. The third-order valence-corrected chi connectivity index (χ3v) is 4.61. The normalized spacial score (nSPS) is 33.6. The van der Waals surface area contributed by atoms with Gasteiger partial charge in [-0.1, -0.05) is 0 Å². The molecule has 3 aliphatic heterocycles. The Labute approximate surface area is 114 Å². The fraction of sp³-hybridized carbons (Fsp3) is 0.929. The highest BCUT2D eigenvalue weighted by molar-refractivity contribution is 5.81. The monoisotopic (exact) mass is 268 g/mol.